The molecule has 1 aromatic heterocycles. The molecule has 0 aliphatic heterocycles. The number of hydrogen-bond donors (Lipinski definition) is 2. The van der Waals surface area contributed by atoms with Crippen molar-refractivity contribution in [2.24, 2.45) is 13.0 Å². The number of aliphatic hydroxyl groups excluding tert-OH is 1. The summed E-state index contributed by atoms with van der Waals surface area (Å²) in [4.78, 5) is 0. The molecule has 0 fully saturated rings. The Kier molecular flexibility index (Phi) is 4.96. The molecule has 0 bridgehead atoms. The SMILES string of the molecule is CC(C)CC(CO)NC(C)c1cnn(C)c1. The van der Waals surface area contributed by atoms with Gasteiger partial charge in [-0.3, -0.25) is 4.68 Å². The highest BCUT2D eigenvalue weighted by molar-refractivity contribution is 5.09. The van der Waals surface area contributed by atoms with Gasteiger partial charge in [-0.05, 0) is 19.3 Å². The van der Waals surface area contributed by atoms with Crippen LogP contribution in [0.3, 0.4) is 0 Å². The van der Waals surface area contributed by atoms with Crippen LogP contribution in [0.15, 0.2) is 12.4 Å². The largest absolute Gasteiger partial charge is 0.395 e. The highest BCUT2D eigenvalue weighted by atomic mass is 16.3. The Morgan fingerprint density at radius 1 is 1.44 bits per heavy atom. The van der Waals surface area contributed by atoms with E-state index in [9.17, 15) is 5.11 Å². The molecule has 0 spiro atoms. The van der Waals surface area contributed by atoms with Crippen LogP contribution in [-0.4, -0.2) is 27.5 Å². The lowest BCUT2D eigenvalue weighted by molar-refractivity contribution is 0.215. The first-order valence-electron chi connectivity index (χ1n) is 5.88. The molecule has 16 heavy (non-hydrogen) atoms. The number of aromatic nitrogens is 2. The van der Waals surface area contributed by atoms with Crippen LogP contribution in [0.2, 0.25) is 0 Å². The fourth-order valence-corrected chi connectivity index (χ4v) is 1.88. The second-order valence-electron chi connectivity index (χ2n) is 4.84. The van der Waals surface area contributed by atoms with Crippen LogP contribution < -0.4 is 5.32 Å². The first-order chi connectivity index (χ1) is 7.52. The minimum absolute atomic E-state index is 0.162. The lowest BCUT2D eigenvalue weighted by atomic mass is 10.0. The molecule has 1 aromatic rings. The third-order valence-electron chi connectivity index (χ3n) is 2.69. The minimum atomic E-state index is 0.162. The molecule has 4 nitrogen and oxygen atoms in total. The van der Waals surface area contributed by atoms with E-state index in [1.165, 1.54) is 0 Å². The topological polar surface area (TPSA) is 50.1 Å². The zero-order valence-corrected chi connectivity index (χ0v) is 10.6. The lowest BCUT2D eigenvalue weighted by Crippen LogP contribution is -2.35. The highest BCUT2D eigenvalue weighted by Crippen LogP contribution is 2.13. The Hall–Kier alpha value is -0.870. The second-order valence-corrected chi connectivity index (χ2v) is 4.84. The van der Waals surface area contributed by atoms with E-state index >= 15 is 0 Å². The van der Waals surface area contributed by atoms with Crippen LogP contribution in [0.4, 0.5) is 0 Å². The van der Waals surface area contributed by atoms with Crippen molar-refractivity contribution in [2.45, 2.75) is 39.3 Å². The lowest BCUT2D eigenvalue weighted by Gasteiger charge is -2.22. The number of rotatable bonds is 6. The van der Waals surface area contributed by atoms with Crippen molar-refractivity contribution >= 4 is 0 Å². The Morgan fingerprint density at radius 3 is 2.56 bits per heavy atom. The number of aryl methyl sites for hydroxylation is 1. The van der Waals surface area contributed by atoms with Crippen molar-refractivity contribution in [3.05, 3.63) is 18.0 Å². The second kappa shape index (κ2) is 6.01. The summed E-state index contributed by atoms with van der Waals surface area (Å²) in [6.45, 7) is 6.61. The molecule has 4 heteroatoms. The molecule has 2 atom stereocenters. The average molecular weight is 225 g/mol. The molecule has 0 aromatic carbocycles. The summed E-state index contributed by atoms with van der Waals surface area (Å²) < 4.78 is 1.80. The first kappa shape index (κ1) is 13.2. The van der Waals surface area contributed by atoms with E-state index < -0.39 is 0 Å². The maximum atomic E-state index is 9.29. The molecule has 92 valence electrons. The molecule has 0 aliphatic carbocycles. The molecule has 0 amide bonds. The minimum Gasteiger partial charge on any atom is -0.395 e. The van der Waals surface area contributed by atoms with Crippen molar-refractivity contribution in [1.82, 2.24) is 15.1 Å². The Labute approximate surface area is 97.7 Å². The van der Waals surface area contributed by atoms with Crippen LogP contribution in [0.5, 0.6) is 0 Å². The summed E-state index contributed by atoms with van der Waals surface area (Å²) in [5.41, 5.74) is 1.16. The van der Waals surface area contributed by atoms with E-state index in [1.54, 1.807) is 4.68 Å². The van der Waals surface area contributed by atoms with Gasteiger partial charge in [-0.15, -0.1) is 0 Å². The smallest absolute Gasteiger partial charge is 0.0584 e. The summed E-state index contributed by atoms with van der Waals surface area (Å²) in [5.74, 6) is 0.589. The van der Waals surface area contributed by atoms with Crippen LogP contribution in [0.1, 0.15) is 38.8 Å². The van der Waals surface area contributed by atoms with Gasteiger partial charge in [0, 0.05) is 30.9 Å². The first-order valence-corrected chi connectivity index (χ1v) is 5.88. The molecule has 2 N–H and O–H groups in total. The van der Waals surface area contributed by atoms with E-state index in [1.807, 2.05) is 19.4 Å². The molecule has 0 saturated heterocycles. The Morgan fingerprint density at radius 2 is 2.12 bits per heavy atom. The van der Waals surface area contributed by atoms with Gasteiger partial charge in [-0.1, -0.05) is 13.8 Å². The number of hydrogen-bond acceptors (Lipinski definition) is 3. The zero-order valence-electron chi connectivity index (χ0n) is 10.6. The fraction of sp³-hybridized carbons (Fsp3) is 0.750. The van der Waals surface area contributed by atoms with Crippen LogP contribution in [0.25, 0.3) is 0 Å². The monoisotopic (exact) mass is 225 g/mol. The van der Waals surface area contributed by atoms with Crippen LogP contribution >= 0.6 is 0 Å². The third-order valence-corrected chi connectivity index (χ3v) is 2.69. The van der Waals surface area contributed by atoms with Gasteiger partial charge in [0.15, 0.2) is 0 Å². The van der Waals surface area contributed by atoms with Gasteiger partial charge in [0.05, 0.1) is 12.8 Å². The molecule has 1 rings (SSSR count). The van der Waals surface area contributed by atoms with Crippen molar-refractivity contribution in [3.8, 4) is 0 Å². The number of aliphatic hydroxyl groups is 1. The van der Waals surface area contributed by atoms with Gasteiger partial charge in [-0.2, -0.15) is 5.10 Å². The van der Waals surface area contributed by atoms with Gasteiger partial charge in [0.25, 0.3) is 0 Å². The molecule has 2 unspecified atom stereocenters. The standard InChI is InChI=1S/C12H23N3O/c1-9(2)5-12(8-16)14-10(3)11-6-13-15(4)7-11/h6-7,9-10,12,14,16H,5,8H2,1-4H3. The number of nitrogens with one attached hydrogen (secondary N) is 1. The quantitative estimate of drug-likeness (QED) is 0.771. The van der Waals surface area contributed by atoms with Crippen LogP contribution in [-0.2, 0) is 7.05 Å². The molecule has 1 heterocycles. The number of nitrogens with zero attached hydrogens (tertiary/aromatic N) is 2. The van der Waals surface area contributed by atoms with Gasteiger partial charge in [0.1, 0.15) is 0 Å². The Balaban J connectivity index is 2.51. The molecule has 0 aliphatic rings. The van der Waals surface area contributed by atoms with Gasteiger partial charge in [-0.25, -0.2) is 0 Å². The van der Waals surface area contributed by atoms with E-state index in [0.29, 0.717) is 5.92 Å². The maximum absolute atomic E-state index is 9.29. The van der Waals surface area contributed by atoms with E-state index in [2.05, 4.69) is 31.2 Å². The zero-order chi connectivity index (χ0) is 12.1. The molecular formula is C12H23N3O. The fourth-order valence-electron chi connectivity index (χ4n) is 1.88. The predicted octanol–water partition coefficient (Wildman–Crippen LogP) is 1.48. The molecule has 0 radical (unpaired) electrons. The summed E-state index contributed by atoms with van der Waals surface area (Å²) in [5, 5.41) is 16.9. The van der Waals surface area contributed by atoms with E-state index in [-0.39, 0.29) is 18.7 Å². The summed E-state index contributed by atoms with van der Waals surface area (Å²) >= 11 is 0. The van der Waals surface area contributed by atoms with Gasteiger partial charge in [0.2, 0.25) is 0 Å². The van der Waals surface area contributed by atoms with Crippen molar-refractivity contribution in [1.29, 1.82) is 0 Å². The van der Waals surface area contributed by atoms with Crippen molar-refractivity contribution in [3.63, 3.8) is 0 Å². The predicted molar refractivity (Wildman–Crippen MR) is 65.1 cm³/mol. The summed E-state index contributed by atoms with van der Waals surface area (Å²) in [6, 6.07) is 0.389. The van der Waals surface area contributed by atoms with Crippen molar-refractivity contribution < 1.29 is 5.11 Å². The van der Waals surface area contributed by atoms with Crippen LogP contribution in [0, 0.1) is 5.92 Å². The van der Waals surface area contributed by atoms with Gasteiger partial charge < -0.3 is 10.4 Å². The van der Waals surface area contributed by atoms with Gasteiger partial charge >= 0.3 is 0 Å². The molecular weight excluding hydrogens is 202 g/mol. The summed E-state index contributed by atoms with van der Waals surface area (Å²) in [7, 11) is 1.91. The van der Waals surface area contributed by atoms with Crippen molar-refractivity contribution in [2.75, 3.05) is 6.61 Å². The summed E-state index contributed by atoms with van der Waals surface area (Å²) in [6.07, 6.45) is 4.85. The molecule has 0 saturated carbocycles. The Bertz CT molecular complexity index is 309. The third kappa shape index (κ3) is 3.94. The van der Waals surface area contributed by atoms with E-state index in [0.717, 1.165) is 12.0 Å². The maximum Gasteiger partial charge on any atom is 0.0584 e. The van der Waals surface area contributed by atoms with E-state index in [4.69, 9.17) is 0 Å². The highest BCUT2D eigenvalue weighted by Gasteiger charge is 2.14. The normalized spacial score (nSPS) is 15.4. The average Bonchev–Trinajstić information content (AvgIpc) is 2.63.